The number of benzene rings is 1. The highest BCUT2D eigenvalue weighted by molar-refractivity contribution is 5.79. The van der Waals surface area contributed by atoms with Crippen molar-refractivity contribution in [1.82, 2.24) is 5.32 Å². The van der Waals surface area contributed by atoms with Gasteiger partial charge in [-0.05, 0) is 38.8 Å². The fourth-order valence-electron chi connectivity index (χ4n) is 1.80. The van der Waals surface area contributed by atoms with Crippen LogP contribution in [0, 0.1) is 0 Å². The monoisotopic (exact) mass is 265 g/mol. The Kier molecular flexibility index (Phi) is 5.83. The van der Waals surface area contributed by atoms with E-state index < -0.39 is 5.54 Å². The van der Waals surface area contributed by atoms with Crippen LogP contribution in [0.1, 0.15) is 26.3 Å². The number of hydrogen-bond acceptors (Lipinski definition) is 4. The van der Waals surface area contributed by atoms with E-state index in [1.807, 2.05) is 45.0 Å². The highest BCUT2D eigenvalue weighted by Gasteiger charge is 2.28. The summed E-state index contributed by atoms with van der Waals surface area (Å²) < 4.78 is 10.3. The molecule has 19 heavy (non-hydrogen) atoms. The molecule has 0 aliphatic heterocycles. The van der Waals surface area contributed by atoms with Crippen molar-refractivity contribution in [2.75, 3.05) is 20.3 Å². The Balaban J connectivity index is 2.51. The standard InChI is InChI=1S/C15H23NO3/c1-5-19-14(17)15(2,3)16-11-10-12-8-6-7-9-13(12)18-4/h6-9,16H,5,10-11H2,1-4H3. The van der Waals surface area contributed by atoms with Crippen molar-refractivity contribution < 1.29 is 14.3 Å². The van der Waals surface area contributed by atoms with Gasteiger partial charge in [-0.1, -0.05) is 18.2 Å². The SMILES string of the molecule is CCOC(=O)C(C)(C)NCCc1ccccc1OC. The van der Waals surface area contributed by atoms with E-state index in [0.717, 1.165) is 17.7 Å². The molecular formula is C15H23NO3. The van der Waals surface area contributed by atoms with Crippen molar-refractivity contribution in [3.8, 4) is 5.75 Å². The molecule has 4 heteroatoms. The third kappa shape index (κ3) is 4.56. The molecule has 0 saturated carbocycles. The summed E-state index contributed by atoms with van der Waals surface area (Å²) in [5, 5.41) is 3.21. The Morgan fingerprint density at radius 1 is 1.32 bits per heavy atom. The number of carbonyl (C=O) groups excluding carboxylic acids is 1. The first kappa shape index (κ1) is 15.5. The Bertz CT molecular complexity index is 416. The molecule has 0 fully saturated rings. The quantitative estimate of drug-likeness (QED) is 0.768. The topological polar surface area (TPSA) is 47.6 Å². The average molecular weight is 265 g/mol. The van der Waals surface area contributed by atoms with Crippen LogP contribution in [0.15, 0.2) is 24.3 Å². The molecule has 0 aliphatic rings. The zero-order valence-corrected chi connectivity index (χ0v) is 12.2. The molecule has 0 bridgehead atoms. The summed E-state index contributed by atoms with van der Waals surface area (Å²) in [6, 6.07) is 7.89. The predicted molar refractivity (Wildman–Crippen MR) is 75.4 cm³/mol. The minimum atomic E-state index is -0.669. The van der Waals surface area contributed by atoms with E-state index in [4.69, 9.17) is 9.47 Å². The van der Waals surface area contributed by atoms with Crippen molar-refractivity contribution in [3.05, 3.63) is 29.8 Å². The third-order valence-electron chi connectivity index (χ3n) is 2.94. The number of esters is 1. The van der Waals surface area contributed by atoms with Crippen molar-refractivity contribution in [2.45, 2.75) is 32.7 Å². The highest BCUT2D eigenvalue weighted by Crippen LogP contribution is 2.17. The van der Waals surface area contributed by atoms with Crippen molar-refractivity contribution in [2.24, 2.45) is 0 Å². The van der Waals surface area contributed by atoms with E-state index >= 15 is 0 Å². The van der Waals surface area contributed by atoms with Crippen molar-refractivity contribution in [1.29, 1.82) is 0 Å². The number of rotatable bonds is 7. The molecule has 0 atom stereocenters. The van der Waals surface area contributed by atoms with Gasteiger partial charge in [0, 0.05) is 6.54 Å². The van der Waals surface area contributed by atoms with Crippen LogP contribution in [0.25, 0.3) is 0 Å². The Hall–Kier alpha value is -1.55. The summed E-state index contributed by atoms with van der Waals surface area (Å²) in [7, 11) is 1.66. The van der Waals surface area contributed by atoms with E-state index in [0.29, 0.717) is 13.2 Å². The summed E-state index contributed by atoms with van der Waals surface area (Å²) in [6.45, 7) is 6.55. The number of para-hydroxylation sites is 1. The van der Waals surface area contributed by atoms with Gasteiger partial charge in [-0.25, -0.2) is 0 Å². The second kappa shape index (κ2) is 7.14. The Morgan fingerprint density at radius 2 is 2.00 bits per heavy atom. The minimum absolute atomic E-state index is 0.227. The number of carbonyl (C=O) groups is 1. The van der Waals surface area contributed by atoms with Gasteiger partial charge < -0.3 is 14.8 Å². The van der Waals surface area contributed by atoms with E-state index in [2.05, 4.69) is 5.32 Å². The molecular weight excluding hydrogens is 242 g/mol. The maximum atomic E-state index is 11.7. The summed E-state index contributed by atoms with van der Waals surface area (Å²) in [6.07, 6.45) is 0.798. The van der Waals surface area contributed by atoms with E-state index in [1.54, 1.807) is 7.11 Å². The van der Waals surface area contributed by atoms with Gasteiger partial charge in [0.05, 0.1) is 13.7 Å². The second-order valence-corrected chi connectivity index (χ2v) is 4.83. The van der Waals surface area contributed by atoms with Gasteiger partial charge >= 0.3 is 5.97 Å². The average Bonchev–Trinajstić information content (AvgIpc) is 2.39. The first-order valence-corrected chi connectivity index (χ1v) is 6.55. The van der Waals surface area contributed by atoms with Crippen LogP contribution < -0.4 is 10.1 Å². The first-order valence-electron chi connectivity index (χ1n) is 6.55. The third-order valence-corrected chi connectivity index (χ3v) is 2.94. The van der Waals surface area contributed by atoms with Crippen molar-refractivity contribution >= 4 is 5.97 Å². The second-order valence-electron chi connectivity index (χ2n) is 4.83. The molecule has 4 nitrogen and oxygen atoms in total. The molecule has 0 heterocycles. The van der Waals surface area contributed by atoms with Gasteiger partial charge in [-0.3, -0.25) is 4.79 Å². The number of hydrogen-bond donors (Lipinski definition) is 1. The normalized spacial score (nSPS) is 11.2. The number of ether oxygens (including phenoxy) is 2. The molecule has 0 aliphatic carbocycles. The predicted octanol–water partition coefficient (Wildman–Crippen LogP) is 2.17. The molecule has 0 spiro atoms. The van der Waals surface area contributed by atoms with Gasteiger partial charge in [0.2, 0.25) is 0 Å². The molecule has 1 rings (SSSR count). The lowest BCUT2D eigenvalue weighted by Crippen LogP contribution is -2.48. The molecule has 0 aromatic heterocycles. The van der Waals surface area contributed by atoms with Crippen LogP contribution in [0.4, 0.5) is 0 Å². The maximum absolute atomic E-state index is 11.7. The fourth-order valence-corrected chi connectivity index (χ4v) is 1.80. The van der Waals surface area contributed by atoms with Crippen LogP contribution in [0.2, 0.25) is 0 Å². The zero-order valence-electron chi connectivity index (χ0n) is 12.2. The van der Waals surface area contributed by atoms with Crippen LogP contribution >= 0.6 is 0 Å². The first-order chi connectivity index (χ1) is 9.01. The maximum Gasteiger partial charge on any atom is 0.325 e. The minimum Gasteiger partial charge on any atom is -0.496 e. The molecule has 106 valence electrons. The van der Waals surface area contributed by atoms with E-state index in [9.17, 15) is 4.79 Å². The summed E-state index contributed by atoms with van der Waals surface area (Å²) in [5.41, 5.74) is 0.454. The molecule has 0 saturated heterocycles. The lowest BCUT2D eigenvalue weighted by molar-refractivity contribution is -0.149. The largest absolute Gasteiger partial charge is 0.496 e. The van der Waals surface area contributed by atoms with E-state index in [-0.39, 0.29) is 5.97 Å². The molecule has 0 amide bonds. The summed E-state index contributed by atoms with van der Waals surface area (Å²) >= 11 is 0. The number of methoxy groups -OCH3 is 1. The Morgan fingerprint density at radius 3 is 2.63 bits per heavy atom. The van der Waals surface area contributed by atoms with Gasteiger partial charge in [0.1, 0.15) is 11.3 Å². The smallest absolute Gasteiger partial charge is 0.325 e. The molecule has 1 aromatic rings. The van der Waals surface area contributed by atoms with Crippen LogP contribution in [0.3, 0.4) is 0 Å². The lowest BCUT2D eigenvalue weighted by atomic mass is 10.0. The zero-order chi connectivity index (χ0) is 14.3. The highest BCUT2D eigenvalue weighted by atomic mass is 16.5. The lowest BCUT2D eigenvalue weighted by Gasteiger charge is -2.24. The summed E-state index contributed by atoms with van der Waals surface area (Å²) in [4.78, 5) is 11.7. The van der Waals surface area contributed by atoms with Crippen LogP contribution in [-0.2, 0) is 16.0 Å². The van der Waals surface area contributed by atoms with E-state index in [1.165, 1.54) is 0 Å². The number of nitrogens with one attached hydrogen (secondary N) is 1. The van der Waals surface area contributed by atoms with Gasteiger partial charge in [0.25, 0.3) is 0 Å². The van der Waals surface area contributed by atoms with Crippen LogP contribution in [-0.4, -0.2) is 31.8 Å². The van der Waals surface area contributed by atoms with Gasteiger partial charge in [-0.2, -0.15) is 0 Å². The Labute approximate surface area is 115 Å². The van der Waals surface area contributed by atoms with Crippen LogP contribution in [0.5, 0.6) is 5.75 Å². The molecule has 1 N–H and O–H groups in total. The molecule has 0 radical (unpaired) electrons. The molecule has 1 aromatic carbocycles. The summed E-state index contributed by atoms with van der Waals surface area (Å²) in [5.74, 6) is 0.647. The van der Waals surface area contributed by atoms with Gasteiger partial charge in [0.15, 0.2) is 0 Å². The fraction of sp³-hybridized carbons (Fsp3) is 0.533. The molecule has 0 unspecified atom stereocenters. The van der Waals surface area contributed by atoms with Gasteiger partial charge in [-0.15, -0.1) is 0 Å². The van der Waals surface area contributed by atoms with Crippen molar-refractivity contribution in [3.63, 3.8) is 0 Å².